The molecular weight excluding hydrogens is 188 g/mol. The molecule has 0 aliphatic rings. The SMILES string of the molecule is CC(CC(=O)O)CC(C)(C)CC(C)(C)C. The Hall–Kier alpha value is -0.530. The van der Waals surface area contributed by atoms with Gasteiger partial charge in [0.15, 0.2) is 0 Å². The van der Waals surface area contributed by atoms with E-state index in [9.17, 15) is 4.79 Å². The molecule has 0 aromatic heterocycles. The Morgan fingerprint density at radius 3 is 2.00 bits per heavy atom. The van der Waals surface area contributed by atoms with Crippen molar-refractivity contribution in [2.24, 2.45) is 16.7 Å². The summed E-state index contributed by atoms with van der Waals surface area (Å²) in [6.07, 6.45) is 2.40. The standard InChI is InChI=1S/C13H26O2/c1-10(7-11(14)15)8-13(5,6)9-12(2,3)4/h10H,7-9H2,1-6H3,(H,14,15). The van der Waals surface area contributed by atoms with Gasteiger partial charge < -0.3 is 5.11 Å². The van der Waals surface area contributed by atoms with Crippen LogP contribution >= 0.6 is 0 Å². The lowest BCUT2D eigenvalue weighted by molar-refractivity contribution is -0.138. The van der Waals surface area contributed by atoms with E-state index in [0.717, 1.165) is 12.8 Å². The van der Waals surface area contributed by atoms with Gasteiger partial charge in [-0.3, -0.25) is 4.79 Å². The molecule has 15 heavy (non-hydrogen) atoms. The molecule has 1 atom stereocenters. The lowest BCUT2D eigenvalue weighted by Crippen LogP contribution is -2.23. The van der Waals surface area contributed by atoms with E-state index >= 15 is 0 Å². The minimum absolute atomic E-state index is 0.229. The van der Waals surface area contributed by atoms with Crippen LogP contribution in [0.4, 0.5) is 0 Å². The second-order valence-corrected chi connectivity index (χ2v) is 6.81. The van der Waals surface area contributed by atoms with E-state index < -0.39 is 5.97 Å². The monoisotopic (exact) mass is 214 g/mol. The van der Waals surface area contributed by atoms with E-state index in [0.29, 0.717) is 5.41 Å². The number of rotatable bonds is 5. The van der Waals surface area contributed by atoms with Gasteiger partial charge in [-0.15, -0.1) is 0 Å². The molecule has 1 unspecified atom stereocenters. The molecule has 0 aromatic carbocycles. The highest BCUT2D eigenvalue weighted by Crippen LogP contribution is 2.38. The van der Waals surface area contributed by atoms with Gasteiger partial charge in [0.25, 0.3) is 0 Å². The normalized spacial score (nSPS) is 15.1. The maximum Gasteiger partial charge on any atom is 0.303 e. The lowest BCUT2D eigenvalue weighted by atomic mass is 9.72. The zero-order valence-electron chi connectivity index (χ0n) is 11.1. The molecule has 0 spiro atoms. The molecule has 0 aliphatic heterocycles. The summed E-state index contributed by atoms with van der Waals surface area (Å²) in [4.78, 5) is 10.6. The smallest absolute Gasteiger partial charge is 0.303 e. The van der Waals surface area contributed by atoms with Crippen molar-refractivity contribution in [2.45, 2.75) is 60.8 Å². The molecule has 0 aliphatic carbocycles. The molecule has 0 saturated carbocycles. The van der Waals surface area contributed by atoms with Crippen LogP contribution in [0.5, 0.6) is 0 Å². The molecule has 1 N–H and O–H groups in total. The molecule has 0 aromatic rings. The summed E-state index contributed by atoms with van der Waals surface area (Å²) < 4.78 is 0. The van der Waals surface area contributed by atoms with Crippen LogP contribution in [0.1, 0.15) is 60.8 Å². The van der Waals surface area contributed by atoms with Crippen molar-refractivity contribution in [3.63, 3.8) is 0 Å². The van der Waals surface area contributed by atoms with E-state index in [1.807, 2.05) is 6.92 Å². The first-order valence-corrected chi connectivity index (χ1v) is 5.74. The average Bonchev–Trinajstić information content (AvgIpc) is 1.73. The zero-order chi connectivity index (χ0) is 12.3. The Balaban J connectivity index is 4.19. The van der Waals surface area contributed by atoms with Gasteiger partial charge in [-0.1, -0.05) is 41.5 Å². The van der Waals surface area contributed by atoms with E-state index in [1.165, 1.54) is 0 Å². The number of aliphatic carboxylic acids is 1. The Kier molecular flexibility index (Phi) is 4.82. The summed E-state index contributed by atoms with van der Waals surface area (Å²) in [5.74, 6) is -0.422. The summed E-state index contributed by atoms with van der Waals surface area (Å²) in [6, 6.07) is 0. The van der Waals surface area contributed by atoms with Crippen LogP contribution in [-0.4, -0.2) is 11.1 Å². The number of carboxylic acid groups (broad SMARTS) is 1. The minimum Gasteiger partial charge on any atom is -0.481 e. The molecule has 0 amide bonds. The van der Waals surface area contributed by atoms with Gasteiger partial charge in [-0.05, 0) is 29.6 Å². The molecule has 2 nitrogen and oxygen atoms in total. The molecule has 0 rings (SSSR count). The topological polar surface area (TPSA) is 37.3 Å². The maximum atomic E-state index is 10.6. The highest BCUT2D eigenvalue weighted by atomic mass is 16.4. The number of carbonyl (C=O) groups is 1. The van der Waals surface area contributed by atoms with Crippen LogP contribution in [0, 0.1) is 16.7 Å². The van der Waals surface area contributed by atoms with Crippen molar-refractivity contribution in [1.82, 2.24) is 0 Å². The zero-order valence-corrected chi connectivity index (χ0v) is 11.1. The Bertz CT molecular complexity index is 211. The van der Waals surface area contributed by atoms with Crippen LogP contribution in [0.15, 0.2) is 0 Å². The van der Waals surface area contributed by atoms with E-state index in [1.54, 1.807) is 0 Å². The van der Waals surface area contributed by atoms with Gasteiger partial charge in [-0.2, -0.15) is 0 Å². The highest BCUT2D eigenvalue weighted by Gasteiger charge is 2.27. The van der Waals surface area contributed by atoms with Gasteiger partial charge in [0.1, 0.15) is 0 Å². The summed E-state index contributed by atoms with van der Waals surface area (Å²) in [6.45, 7) is 13.2. The summed E-state index contributed by atoms with van der Waals surface area (Å²) >= 11 is 0. The van der Waals surface area contributed by atoms with Gasteiger partial charge in [0, 0.05) is 6.42 Å². The van der Waals surface area contributed by atoms with Crippen molar-refractivity contribution in [3.05, 3.63) is 0 Å². The first-order valence-electron chi connectivity index (χ1n) is 5.74. The first kappa shape index (κ1) is 14.5. The van der Waals surface area contributed by atoms with Crippen molar-refractivity contribution in [3.8, 4) is 0 Å². The van der Waals surface area contributed by atoms with Crippen molar-refractivity contribution < 1.29 is 9.90 Å². The number of hydrogen-bond donors (Lipinski definition) is 1. The molecule has 0 bridgehead atoms. The predicted molar refractivity (Wildman–Crippen MR) is 63.9 cm³/mol. The quantitative estimate of drug-likeness (QED) is 0.752. The van der Waals surface area contributed by atoms with E-state index in [-0.39, 0.29) is 17.8 Å². The summed E-state index contributed by atoms with van der Waals surface area (Å²) in [5.41, 5.74) is 0.541. The molecule has 90 valence electrons. The van der Waals surface area contributed by atoms with Crippen LogP contribution in [0.25, 0.3) is 0 Å². The fourth-order valence-corrected chi connectivity index (χ4v) is 2.82. The Morgan fingerprint density at radius 2 is 1.67 bits per heavy atom. The van der Waals surface area contributed by atoms with Crippen LogP contribution < -0.4 is 0 Å². The summed E-state index contributed by atoms with van der Waals surface area (Å²) in [5, 5.41) is 8.71. The number of hydrogen-bond acceptors (Lipinski definition) is 1. The average molecular weight is 214 g/mol. The fraction of sp³-hybridized carbons (Fsp3) is 0.923. The third-order valence-corrected chi connectivity index (χ3v) is 2.43. The second kappa shape index (κ2) is 5.00. The molecule has 0 heterocycles. The van der Waals surface area contributed by atoms with Gasteiger partial charge in [0.2, 0.25) is 0 Å². The van der Waals surface area contributed by atoms with E-state index in [4.69, 9.17) is 5.11 Å². The van der Waals surface area contributed by atoms with Crippen molar-refractivity contribution >= 4 is 5.97 Å². The fourth-order valence-electron chi connectivity index (χ4n) is 2.82. The van der Waals surface area contributed by atoms with Crippen LogP contribution in [0.2, 0.25) is 0 Å². The third kappa shape index (κ3) is 8.46. The maximum absolute atomic E-state index is 10.6. The molecular formula is C13H26O2. The van der Waals surface area contributed by atoms with Crippen molar-refractivity contribution in [1.29, 1.82) is 0 Å². The molecule has 0 fully saturated rings. The minimum atomic E-state index is -0.686. The van der Waals surface area contributed by atoms with Crippen LogP contribution in [0.3, 0.4) is 0 Å². The van der Waals surface area contributed by atoms with Gasteiger partial charge in [-0.25, -0.2) is 0 Å². The third-order valence-electron chi connectivity index (χ3n) is 2.43. The lowest BCUT2D eigenvalue weighted by Gasteiger charge is -2.34. The highest BCUT2D eigenvalue weighted by molar-refractivity contribution is 5.66. The second-order valence-electron chi connectivity index (χ2n) is 6.81. The van der Waals surface area contributed by atoms with Crippen molar-refractivity contribution in [2.75, 3.05) is 0 Å². The largest absolute Gasteiger partial charge is 0.481 e. The number of carboxylic acids is 1. The Morgan fingerprint density at radius 1 is 1.20 bits per heavy atom. The summed E-state index contributed by atoms with van der Waals surface area (Å²) in [7, 11) is 0. The van der Waals surface area contributed by atoms with Gasteiger partial charge >= 0.3 is 5.97 Å². The molecule has 0 radical (unpaired) electrons. The molecule has 0 saturated heterocycles. The van der Waals surface area contributed by atoms with Gasteiger partial charge in [0.05, 0.1) is 0 Å². The van der Waals surface area contributed by atoms with E-state index in [2.05, 4.69) is 34.6 Å². The first-order chi connectivity index (χ1) is 6.52. The Labute approximate surface area is 94.1 Å². The predicted octanol–water partition coefficient (Wildman–Crippen LogP) is 3.95. The van der Waals surface area contributed by atoms with Crippen LogP contribution in [-0.2, 0) is 4.79 Å². The molecule has 2 heteroatoms.